The van der Waals surface area contributed by atoms with Gasteiger partial charge in [0, 0.05) is 6.07 Å². The second kappa shape index (κ2) is 11.3. The Morgan fingerprint density at radius 3 is 2.44 bits per heavy atom. The number of aromatic nitrogens is 4. The van der Waals surface area contributed by atoms with Gasteiger partial charge in [-0.1, -0.05) is 12.1 Å². The Hall–Kier alpha value is -3.10. The molecule has 1 aromatic carbocycles. The Kier molecular flexibility index (Phi) is 8.50. The summed E-state index contributed by atoms with van der Waals surface area (Å²) in [5, 5.41) is 31.7. The average Bonchev–Trinajstić information content (AvgIpc) is 3.37. The minimum atomic E-state index is -5.95. The van der Waals surface area contributed by atoms with Crippen LogP contribution in [0.25, 0.3) is 11.2 Å². The normalized spacial score (nSPS) is 25.3. The van der Waals surface area contributed by atoms with E-state index in [1.165, 1.54) is 6.07 Å². The lowest BCUT2D eigenvalue weighted by molar-refractivity contribution is -0.385. The predicted octanol–water partition coefficient (Wildman–Crippen LogP) is -0.341. The van der Waals surface area contributed by atoms with Gasteiger partial charge in [-0.2, -0.15) is 13.6 Å². The van der Waals surface area contributed by atoms with E-state index in [9.17, 15) is 53.5 Å². The molecule has 3 unspecified atom stereocenters. The van der Waals surface area contributed by atoms with Gasteiger partial charge in [-0.05, 0) is 6.07 Å². The van der Waals surface area contributed by atoms with E-state index in [0.717, 1.165) is 29.1 Å². The Morgan fingerprint density at radius 1 is 1.10 bits per heavy atom. The topological polar surface area (TPSA) is 331 Å². The van der Waals surface area contributed by atoms with Gasteiger partial charge in [-0.3, -0.25) is 33.9 Å². The van der Waals surface area contributed by atoms with E-state index in [1.807, 2.05) is 0 Å². The van der Waals surface area contributed by atoms with Crippen LogP contribution in [0.2, 0.25) is 0 Å². The molecule has 1 aliphatic rings. The molecule has 8 N–H and O–H groups in total. The number of aliphatic hydroxyl groups excluding tert-OH is 2. The van der Waals surface area contributed by atoms with Crippen LogP contribution >= 0.6 is 23.5 Å². The molecule has 2 aromatic heterocycles. The number of phosphoric ester groups is 2. The predicted molar refractivity (Wildman–Crippen MR) is 130 cm³/mol. The van der Waals surface area contributed by atoms with Crippen LogP contribution in [-0.2, 0) is 31.6 Å². The number of aliphatic hydroxyl groups is 2. The van der Waals surface area contributed by atoms with Crippen molar-refractivity contribution in [3.8, 4) is 5.75 Å². The first-order chi connectivity index (χ1) is 19.0. The molecule has 0 spiro atoms. The zero-order valence-corrected chi connectivity index (χ0v) is 22.5. The number of hydrogen-bond acceptors (Lipinski definition) is 16. The molecule has 224 valence electrons. The maximum Gasteiger partial charge on any atom is 0.536 e. The number of nitrogens with two attached hydrogens (primary N) is 1. The van der Waals surface area contributed by atoms with Crippen LogP contribution in [0.3, 0.4) is 0 Å². The van der Waals surface area contributed by atoms with E-state index in [4.69, 9.17) is 10.5 Å². The van der Waals surface area contributed by atoms with Crippen molar-refractivity contribution in [1.82, 2.24) is 19.5 Å². The third-order valence-corrected chi connectivity index (χ3v) is 9.36. The second-order valence-electron chi connectivity index (χ2n) is 8.00. The van der Waals surface area contributed by atoms with Crippen molar-refractivity contribution in [2.24, 2.45) is 0 Å². The highest BCUT2D eigenvalue weighted by atomic mass is 31.3. The molecule has 3 heterocycles. The number of nitro groups is 1. The van der Waals surface area contributed by atoms with Crippen molar-refractivity contribution in [3.05, 3.63) is 51.1 Å². The molecular weight excluding hydrogens is 625 g/mol. The number of ether oxygens (including phenoxy) is 1. The smallest absolute Gasteiger partial charge is 0.396 e. The molecule has 0 saturated carbocycles. The van der Waals surface area contributed by atoms with Crippen LogP contribution in [0.15, 0.2) is 35.4 Å². The Morgan fingerprint density at radius 2 is 1.76 bits per heavy atom. The summed E-state index contributed by atoms with van der Waals surface area (Å²) in [5.74, 6) is -1.15. The summed E-state index contributed by atoms with van der Waals surface area (Å²) in [6.07, 6.45) is -5.57. The number of fused-ring (bicyclic) bond motifs is 1. The minimum absolute atomic E-state index is 0.143. The number of nitrogens with zero attached hydrogens (tertiary/aromatic N) is 4. The van der Waals surface area contributed by atoms with Gasteiger partial charge in [-0.15, -0.1) is 0 Å². The van der Waals surface area contributed by atoms with Gasteiger partial charge in [0.1, 0.15) is 18.3 Å². The number of rotatable bonds is 11. The molecule has 25 heteroatoms. The fourth-order valence-electron chi connectivity index (χ4n) is 3.52. The maximum absolute atomic E-state index is 12.2. The SMILES string of the molecule is Nc1nc2c(ncn2[C@@H]2O[C@H](COP(=O)(O)OP(=O)(O)OP(=O)(O)Oc3ccccc3[N+](=O)[O-])[C@@H](O)[C@H]2O)c(=O)[nH]1. The lowest BCUT2D eigenvalue weighted by Gasteiger charge is -2.20. The monoisotopic (exact) mass is 644 g/mol. The van der Waals surface area contributed by atoms with Gasteiger partial charge in [0.15, 0.2) is 17.4 Å². The number of imidazole rings is 1. The summed E-state index contributed by atoms with van der Waals surface area (Å²) in [5.41, 5.74) is 3.64. The van der Waals surface area contributed by atoms with Crippen molar-refractivity contribution < 1.29 is 65.9 Å². The molecule has 0 amide bonds. The summed E-state index contributed by atoms with van der Waals surface area (Å²) in [7, 11) is -17.3. The van der Waals surface area contributed by atoms with Crippen molar-refractivity contribution in [2.75, 3.05) is 12.3 Å². The fraction of sp³-hybridized carbons (Fsp3) is 0.312. The first-order valence-corrected chi connectivity index (χ1v) is 15.2. The van der Waals surface area contributed by atoms with E-state index in [0.29, 0.717) is 0 Å². The fourth-order valence-corrected chi connectivity index (χ4v) is 7.05. The van der Waals surface area contributed by atoms with E-state index >= 15 is 0 Å². The van der Waals surface area contributed by atoms with Gasteiger partial charge in [0.25, 0.3) is 5.56 Å². The molecule has 22 nitrogen and oxygen atoms in total. The number of nitro benzene ring substituents is 1. The van der Waals surface area contributed by atoms with Gasteiger partial charge in [-0.25, -0.2) is 18.7 Å². The van der Waals surface area contributed by atoms with Gasteiger partial charge >= 0.3 is 29.2 Å². The average molecular weight is 644 g/mol. The first kappa shape index (κ1) is 30.8. The maximum atomic E-state index is 12.2. The summed E-state index contributed by atoms with van der Waals surface area (Å²) in [6.45, 7) is -1.07. The molecule has 1 saturated heterocycles. The summed E-state index contributed by atoms with van der Waals surface area (Å²) < 4.78 is 59.7. The number of para-hydroxylation sites is 2. The molecule has 7 atom stereocenters. The van der Waals surface area contributed by atoms with Crippen molar-refractivity contribution in [1.29, 1.82) is 0 Å². The zero-order chi connectivity index (χ0) is 30.3. The third kappa shape index (κ3) is 7.04. The third-order valence-electron chi connectivity index (χ3n) is 5.15. The quantitative estimate of drug-likeness (QED) is 0.0797. The number of aromatic amines is 1. The number of nitrogen functional groups attached to an aromatic ring is 1. The number of hydrogen-bond donors (Lipinski definition) is 7. The highest BCUT2D eigenvalue weighted by Gasteiger charge is 2.47. The molecule has 3 aromatic rings. The number of phosphoric acid groups is 3. The number of anilines is 1. The zero-order valence-electron chi connectivity index (χ0n) is 19.8. The lowest BCUT2D eigenvalue weighted by atomic mass is 10.1. The number of benzene rings is 1. The van der Waals surface area contributed by atoms with Crippen LogP contribution in [0.5, 0.6) is 5.75 Å². The molecule has 0 aliphatic carbocycles. The highest BCUT2D eigenvalue weighted by molar-refractivity contribution is 7.67. The lowest BCUT2D eigenvalue weighted by Crippen LogP contribution is -2.33. The highest BCUT2D eigenvalue weighted by Crippen LogP contribution is 2.67. The number of nitrogens with one attached hydrogen (secondary N) is 1. The Bertz CT molecular complexity index is 1680. The van der Waals surface area contributed by atoms with Gasteiger partial charge < -0.3 is 35.0 Å². The Balaban J connectivity index is 1.40. The standard InChI is InChI=1S/C16H19N6O16P3/c17-16-19-13-10(14(25)20-16)18-6-21(13)15-12(24)11(23)9(35-15)5-34-39(28,29)37-41(32,33)38-40(30,31)36-8-4-2-1-3-7(8)22(26)27/h1-4,6,9,11-12,15,23-24H,5H2,(H,28,29)(H,30,31)(H,32,33)(H3,17,19,20,25)/t9-,11-,12-,15-/m1/s1. The van der Waals surface area contributed by atoms with Crippen LogP contribution in [0.1, 0.15) is 6.23 Å². The molecule has 4 rings (SSSR count). The van der Waals surface area contributed by atoms with Crippen LogP contribution in [0, 0.1) is 10.1 Å². The van der Waals surface area contributed by atoms with Crippen LogP contribution in [-0.4, -0.2) is 74.3 Å². The van der Waals surface area contributed by atoms with E-state index < -0.39 is 76.5 Å². The van der Waals surface area contributed by atoms with E-state index in [1.54, 1.807) is 0 Å². The van der Waals surface area contributed by atoms with Crippen LogP contribution < -0.4 is 15.8 Å². The first-order valence-electron chi connectivity index (χ1n) is 10.7. The number of H-pyrrole nitrogens is 1. The molecule has 1 aliphatic heterocycles. The molecular formula is C16H19N6O16P3. The van der Waals surface area contributed by atoms with Crippen molar-refractivity contribution in [3.63, 3.8) is 0 Å². The largest absolute Gasteiger partial charge is 0.536 e. The van der Waals surface area contributed by atoms with Crippen molar-refractivity contribution in [2.45, 2.75) is 24.5 Å². The minimum Gasteiger partial charge on any atom is -0.396 e. The second-order valence-corrected chi connectivity index (χ2v) is 12.6. The van der Waals surface area contributed by atoms with E-state index in [-0.39, 0.29) is 17.1 Å². The summed E-state index contributed by atoms with van der Waals surface area (Å²) in [4.78, 5) is 61.2. The van der Waals surface area contributed by atoms with Crippen molar-refractivity contribution >= 4 is 46.3 Å². The molecule has 0 bridgehead atoms. The molecule has 1 fully saturated rings. The summed E-state index contributed by atoms with van der Waals surface area (Å²) in [6, 6.07) is 4.08. The van der Waals surface area contributed by atoms with E-state index in [2.05, 4.69) is 32.6 Å². The summed E-state index contributed by atoms with van der Waals surface area (Å²) >= 11 is 0. The molecule has 41 heavy (non-hydrogen) atoms. The Labute approximate surface area is 225 Å². The molecule has 0 radical (unpaired) electrons. The van der Waals surface area contributed by atoms with Gasteiger partial charge in [0.2, 0.25) is 11.7 Å². The van der Waals surface area contributed by atoms with Crippen LogP contribution in [0.4, 0.5) is 11.6 Å². The van der Waals surface area contributed by atoms with Gasteiger partial charge in [0.05, 0.1) is 17.9 Å².